The number of likely N-dealkylation sites (tertiary alicyclic amines) is 1. The molecule has 1 aliphatic rings. The van der Waals surface area contributed by atoms with E-state index in [1.165, 1.54) is 12.8 Å². The predicted octanol–water partition coefficient (Wildman–Crippen LogP) is 3.86. The fourth-order valence-electron chi connectivity index (χ4n) is 3.21. The van der Waals surface area contributed by atoms with Gasteiger partial charge in [0.05, 0.1) is 5.02 Å². The maximum absolute atomic E-state index is 14.4. The minimum atomic E-state index is -0.255. The van der Waals surface area contributed by atoms with Crippen molar-refractivity contribution in [2.75, 3.05) is 26.7 Å². The Morgan fingerprint density at radius 3 is 2.95 bits per heavy atom. The van der Waals surface area contributed by atoms with E-state index >= 15 is 0 Å². The Kier molecular flexibility index (Phi) is 5.82. The molecule has 0 bridgehead atoms. The summed E-state index contributed by atoms with van der Waals surface area (Å²) in [6.07, 6.45) is 3.52. The molecule has 2 rings (SSSR count). The van der Waals surface area contributed by atoms with Crippen LogP contribution in [0.3, 0.4) is 0 Å². The highest BCUT2D eigenvalue weighted by Crippen LogP contribution is 2.36. The van der Waals surface area contributed by atoms with Crippen LogP contribution in [0, 0.1) is 11.7 Å². The molecule has 0 saturated carbocycles. The van der Waals surface area contributed by atoms with Crippen LogP contribution in [0.25, 0.3) is 0 Å². The van der Waals surface area contributed by atoms with Crippen LogP contribution in [0.15, 0.2) is 18.2 Å². The first-order valence-corrected chi connectivity index (χ1v) is 7.87. The molecule has 20 heavy (non-hydrogen) atoms. The van der Waals surface area contributed by atoms with Crippen LogP contribution in [0.5, 0.6) is 0 Å². The maximum atomic E-state index is 14.4. The third-order valence-corrected chi connectivity index (χ3v) is 4.51. The van der Waals surface area contributed by atoms with Gasteiger partial charge in [0.15, 0.2) is 0 Å². The molecule has 1 fully saturated rings. The number of hydrogen-bond donors (Lipinski definition) is 1. The summed E-state index contributed by atoms with van der Waals surface area (Å²) >= 11 is 5.96. The highest BCUT2D eigenvalue weighted by molar-refractivity contribution is 6.30. The SMILES string of the molecule is CCNCC1CCCCN(C)C1c1cccc(Cl)c1F. The number of hydrogen-bond acceptors (Lipinski definition) is 2. The number of benzene rings is 1. The zero-order chi connectivity index (χ0) is 14.5. The van der Waals surface area contributed by atoms with E-state index < -0.39 is 0 Å². The molecule has 2 nitrogen and oxygen atoms in total. The van der Waals surface area contributed by atoms with Crippen LogP contribution >= 0.6 is 11.6 Å². The topological polar surface area (TPSA) is 15.3 Å². The lowest BCUT2D eigenvalue weighted by Gasteiger charge is -2.33. The number of nitrogens with one attached hydrogen (secondary N) is 1. The molecule has 1 aliphatic heterocycles. The molecule has 0 aliphatic carbocycles. The summed E-state index contributed by atoms with van der Waals surface area (Å²) in [5.74, 6) is 0.171. The third kappa shape index (κ3) is 3.51. The van der Waals surface area contributed by atoms with Gasteiger partial charge in [-0.15, -0.1) is 0 Å². The molecule has 4 heteroatoms. The van der Waals surface area contributed by atoms with E-state index in [0.29, 0.717) is 5.92 Å². The van der Waals surface area contributed by atoms with E-state index in [1.807, 2.05) is 12.1 Å². The first-order valence-electron chi connectivity index (χ1n) is 7.50. The fraction of sp³-hybridized carbons (Fsp3) is 0.625. The van der Waals surface area contributed by atoms with Gasteiger partial charge >= 0.3 is 0 Å². The summed E-state index contributed by atoms with van der Waals surface area (Å²) < 4.78 is 14.4. The Bertz CT molecular complexity index is 438. The molecule has 1 heterocycles. The van der Waals surface area contributed by atoms with Gasteiger partial charge in [-0.25, -0.2) is 4.39 Å². The molecule has 1 saturated heterocycles. The van der Waals surface area contributed by atoms with Crippen LogP contribution in [0.1, 0.15) is 37.8 Å². The van der Waals surface area contributed by atoms with Crippen molar-refractivity contribution in [3.63, 3.8) is 0 Å². The van der Waals surface area contributed by atoms with Crippen molar-refractivity contribution in [1.29, 1.82) is 0 Å². The van der Waals surface area contributed by atoms with Gasteiger partial charge in [0.1, 0.15) is 5.82 Å². The number of nitrogens with zero attached hydrogens (tertiary/aromatic N) is 1. The van der Waals surface area contributed by atoms with Crippen molar-refractivity contribution >= 4 is 11.6 Å². The van der Waals surface area contributed by atoms with E-state index in [0.717, 1.165) is 31.6 Å². The van der Waals surface area contributed by atoms with Crippen LogP contribution in [-0.4, -0.2) is 31.6 Å². The van der Waals surface area contributed by atoms with Crippen molar-refractivity contribution in [2.24, 2.45) is 5.92 Å². The van der Waals surface area contributed by atoms with Crippen molar-refractivity contribution in [3.05, 3.63) is 34.6 Å². The average molecular weight is 299 g/mol. The zero-order valence-electron chi connectivity index (χ0n) is 12.3. The van der Waals surface area contributed by atoms with E-state index in [-0.39, 0.29) is 16.9 Å². The third-order valence-electron chi connectivity index (χ3n) is 4.21. The molecule has 1 aromatic carbocycles. The van der Waals surface area contributed by atoms with Gasteiger partial charge in [0.2, 0.25) is 0 Å². The monoisotopic (exact) mass is 298 g/mol. The van der Waals surface area contributed by atoms with Gasteiger partial charge in [-0.3, -0.25) is 4.90 Å². The average Bonchev–Trinajstić information content (AvgIpc) is 2.62. The van der Waals surface area contributed by atoms with Crippen molar-refractivity contribution < 1.29 is 4.39 Å². The van der Waals surface area contributed by atoms with Gasteiger partial charge in [-0.1, -0.05) is 37.1 Å². The zero-order valence-corrected chi connectivity index (χ0v) is 13.1. The smallest absolute Gasteiger partial charge is 0.146 e. The number of rotatable bonds is 4. The van der Waals surface area contributed by atoms with E-state index in [1.54, 1.807) is 6.07 Å². The minimum Gasteiger partial charge on any atom is -0.317 e. The molecule has 0 radical (unpaired) electrons. The van der Waals surface area contributed by atoms with Crippen molar-refractivity contribution in [2.45, 2.75) is 32.2 Å². The Morgan fingerprint density at radius 1 is 1.40 bits per heavy atom. The summed E-state index contributed by atoms with van der Waals surface area (Å²) in [6, 6.07) is 5.46. The van der Waals surface area contributed by atoms with E-state index in [9.17, 15) is 4.39 Å². The second-order valence-electron chi connectivity index (χ2n) is 5.63. The van der Waals surface area contributed by atoms with Gasteiger partial charge in [0.25, 0.3) is 0 Å². The lowest BCUT2D eigenvalue weighted by Crippen LogP contribution is -2.35. The molecule has 0 aromatic heterocycles. The Balaban J connectivity index is 2.32. The largest absolute Gasteiger partial charge is 0.317 e. The van der Waals surface area contributed by atoms with Crippen LogP contribution < -0.4 is 5.32 Å². The Morgan fingerprint density at radius 2 is 2.20 bits per heavy atom. The Hall–Kier alpha value is -0.640. The van der Waals surface area contributed by atoms with Crippen LogP contribution in [-0.2, 0) is 0 Å². The van der Waals surface area contributed by atoms with Crippen molar-refractivity contribution in [3.8, 4) is 0 Å². The lowest BCUT2D eigenvalue weighted by atomic mass is 9.89. The standard InChI is InChI=1S/C16H24ClFN2/c1-3-19-11-12-7-4-5-10-20(2)16(12)13-8-6-9-14(17)15(13)18/h6,8-9,12,16,19H,3-5,7,10-11H2,1-2H3. The van der Waals surface area contributed by atoms with Gasteiger partial charge in [-0.05, 0) is 51.5 Å². The molecule has 1 aromatic rings. The summed E-state index contributed by atoms with van der Waals surface area (Å²) in [5.41, 5.74) is 0.741. The lowest BCUT2D eigenvalue weighted by molar-refractivity contribution is 0.185. The molecule has 0 spiro atoms. The molecule has 2 atom stereocenters. The summed E-state index contributed by atoms with van der Waals surface area (Å²) in [7, 11) is 2.09. The second-order valence-corrected chi connectivity index (χ2v) is 6.04. The van der Waals surface area contributed by atoms with Gasteiger partial charge in [0, 0.05) is 11.6 Å². The quantitative estimate of drug-likeness (QED) is 0.908. The van der Waals surface area contributed by atoms with Gasteiger partial charge < -0.3 is 5.32 Å². The predicted molar refractivity (Wildman–Crippen MR) is 82.7 cm³/mol. The van der Waals surface area contributed by atoms with Gasteiger partial charge in [-0.2, -0.15) is 0 Å². The van der Waals surface area contributed by atoms with E-state index in [2.05, 4.69) is 24.2 Å². The molecular formula is C16H24ClFN2. The normalized spacial score (nSPS) is 24.6. The van der Waals surface area contributed by atoms with Crippen LogP contribution in [0.4, 0.5) is 4.39 Å². The highest BCUT2D eigenvalue weighted by Gasteiger charge is 2.31. The first kappa shape index (κ1) is 15.7. The molecule has 0 amide bonds. The first-order chi connectivity index (χ1) is 9.65. The van der Waals surface area contributed by atoms with Crippen molar-refractivity contribution in [1.82, 2.24) is 10.2 Å². The molecule has 1 N–H and O–H groups in total. The summed E-state index contributed by atoms with van der Waals surface area (Å²) in [5, 5.41) is 3.64. The van der Waals surface area contributed by atoms with E-state index in [4.69, 9.17) is 11.6 Å². The molecule has 2 unspecified atom stereocenters. The second kappa shape index (κ2) is 7.39. The summed E-state index contributed by atoms with van der Waals surface area (Å²) in [4.78, 5) is 2.28. The maximum Gasteiger partial charge on any atom is 0.146 e. The highest BCUT2D eigenvalue weighted by atomic mass is 35.5. The van der Waals surface area contributed by atoms with Crippen LogP contribution in [0.2, 0.25) is 5.02 Å². The fourth-order valence-corrected chi connectivity index (χ4v) is 3.39. The summed E-state index contributed by atoms with van der Waals surface area (Å²) in [6.45, 7) is 5.00. The number of halogens is 2. The minimum absolute atomic E-state index is 0.107. The molecular weight excluding hydrogens is 275 g/mol. The molecule has 112 valence electrons. The Labute approximate surface area is 126 Å².